The number of alkyl halides is 6. The smallest absolute Gasteiger partial charge is 0.440 e. The number of hydrogen-bond donors (Lipinski definition) is 0. The maximum Gasteiger partial charge on any atom is 2.00 e. The summed E-state index contributed by atoms with van der Waals surface area (Å²) in [5.41, 5.74) is -3.49. The van der Waals surface area contributed by atoms with E-state index in [0.29, 0.717) is 26.2 Å². The summed E-state index contributed by atoms with van der Waals surface area (Å²) in [4.78, 5) is 10.9. The van der Waals surface area contributed by atoms with Crippen molar-refractivity contribution in [2.24, 2.45) is 17.8 Å². The fourth-order valence-electron chi connectivity index (χ4n) is 3.52. The Balaban J connectivity index is 0.00000113. The minimum atomic E-state index is -5.69. The molecule has 2 bridgehead atoms. The van der Waals surface area contributed by atoms with E-state index in [2.05, 4.69) is 18.2 Å². The molecule has 0 amide bonds. The zero-order valence-electron chi connectivity index (χ0n) is 14.6. The molecule has 0 N–H and O–H groups in total. The first-order chi connectivity index (χ1) is 11.2. The van der Waals surface area contributed by atoms with Gasteiger partial charge in [-0.05, 0) is 5.92 Å². The van der Waals surface area contributed by atoms with Crippen molar-refractivity contribution in [3.05, 3.63) is 25.5 Å². The van der Waals surface area contributed by atoms with Gasteiger partial charge in [0.05, 0.1) is 0 Å². The first kappa shape index (κ1) is 25.7. The zero-order valence-corrected chi connectivity index (χ0v) is 18.8. The van der Waals surface area contributed by atoms with E-state index in [0.717, 1.165) is 5.57 Å². The van der Waals surface area contributed by atoms with Crippen LogP contribution in [0.4, 0.5) is 26.3 Å². The maximum atomic E-state index is 13.1. The molecule has 2 saturated carbocycles. The van der Waals surface area contributed by atoms with Gasteiger partial charge in [-0.1, -0.05) is 25.7 Å². The fourth-order valence-corrected chi connectivity index (χ4v) is 3.52. The van der Waals surface area contributed by atoms with Crippen LogP contribution < -0.4 is 0 Å². The summed E-state index contributed by atoms with van der Waals surface area (Å²) in [5, 5.41) is 0. The van der Waals surface area contributed by atoms with Crippen LogP contribution in [0.25, 0.3) is 0 Å². The molecule has 2 rings (SSSR count). The molecule has 0 aromatic heterocycles. The molecule has 0 spiro atoms. The van der Waals surface area contributed by atoms with Crippen molar-refractivity contribution in [2.45, 2.75) is 57.5 Å². The minimum Gasteiger partial charge on any atom is -0.440 e. The third kappa shape index (κ3) is 6.12. The summed E-state index contributed by atoms with van der Waals surface area (Å²) in [6.07, 6.45) is -9.24. The Morgan fingerprint density at radius 3 is 1.88 bits per heavy atom. The summed E-state index contributed by atoms with van der Waals surface area (Å²) in [5.74, 6) is -2.42. The van der Waals surface area contributed by atoms with Crippen LogP contribution in [0.1, 0.15) is 39.5 Å². The van der Waals surface area contributed by atoms with Gasteiger partial charge in [0.1, 0.15) is 0 Å². The molecular weight excluding hydrogens is 588 g/mol. The molecule has 3 atom stereocenters. The SMILES string of the molecule is C=C([CH2-])C.CC(=O)OC(CC1CC2[CH-]CC1C2)(C(F)(F)F)C(F)(F)F.[U+2]. The fraction of sp³-hybridized carbons (Fsp3) is 0.706. The Morgan fingerprint density at radius 1 is 1.15 bits per heavy atom. The molecule has 2 aliphatic carbocycles. The van der Waals surface area contributed by atoms with Gasteiger partial charge in [-0.3, -0.25) is 4.79 Å². The van der Waals surface area contributed by atoms with Gasteiger partial charge in [0.15, 0.2) is 0 Å². The van der Waals surface area contributed by atoms with E-state index in [-0.39, 0.29) is 42.9 Å². The Bertz CT molecular complexity index is 482. The minimum absolute atomic E-state index is 0. The molecular formula is C17H22F6O2U. The number of hydrogen-bond acceptors (Lipinski definition) is 2. The van der Waals surface area contributed by atoms with E-state index < -0.39 is 36.3 Å². The van der Waals surface area contributed by atoms with Crippen LogP contribution in [0.15, 0.2) is 12.2 Å². The molecule has 0 aromatic carbocycles. The Kier molecular flexibility index (Phi) is 9.17. The second-order valence-electron chi connectivity index (χ2n) is 6.80. The summed E-state index contributed by atoms with van der Waals surface area (Å²) < 4.78 is 82.6. The first-order valence-electron chi connectivity index (χ1n) is 7.83. The molecule has 9 heteroatoms. The molecule has 3 unspecified atom stereocenters. The largest absolute Gasteiger partial charge is 2.00 e. The number of fused-ring (bicyclic) bond motifs is 2. The average Bonchev–Trinajstić information content (AvgIpc) is 2.95. The predicted octanol–water partition coefficient (Wildman–Crippen LogP) is 5.45. The maximum absolute atomic E-state index is 13.1. The third-order valence-electron chi connectivity index (χ3n) is 4.43. The number of allylic oxidation sites excluding steroid dienone is 1. The molecule has 0 aliphatic heterocycles. The number of ether oxygens (including phenoxy) is 1. The van der Waals surface area contributed by atoms with E-state index in [9.17, 15) is 31.1 Å². The van der Waals surface area contributed by atoms with Crippen molar-refractivity contribution in [1.82, 2.24) is 0 Å². The van der Waals surface area contributed by atoms with Gasteiger partial charge >= 0.3 is 55.0 Å². The van der Waals surface area contributed by atoms with Crippen LogP contribution in [0.3, 0.4) is 0 Å². The number of halogens is 6. The second-order valence-corrected chi connectivity index (χ2v) is 6.80. The number of esters is 1. The van der Waals surface area contributed by atoms with E-state index in [1.54, 1.807) is 0 Å². The van der Waals surface area contributed by atoms with Crippen molar-refractivity contribution >= 4 is 5.97 Å². The van der Waals surface area contributed by atoms with Crippen LogP contribution in [-0.2, 0) is 9.53 Å². The van der Waals surface area contributed by atoms with Gasteiger partial charge in [-0.25, -0.2) is 19.1 Å². The van der Waals surface area contributed by atoms with Crippen LogP contribution in [-0.4, -0.2) is 23.9 Å². The van der Waals surface area contributed by atoms with Gasteiger partial charge in [0, 0.05) is 13.3 Å². The van der Waals surface area contributed by atoms with Gasteiger partial charge < -0.3 is 11.2 Å². The molecule has 0 saturated heterocycles. The molecule has 2 aliphatic rings. The number of carbonyl (C=O) groups excluding carboxylic acids is 1. The van der Waals surface area contributed by atoms with Crippen molar-refractivity contribution in [1.29, 1.82) is 0 Å². The Hall–Kier alpha value is -0.288. The monoisotopic (exact) mass is 610 g/mol. The van der Waals surface area contributed by atoms with Gasteiger partial charge in [0.2, 0.25) is 0 Å². The summed E-state index contributed by atoms with van der Waals surface area (Å²) >= 11 is 0. The molecule has 0 aromatic rings. The van der Waals surface area contributed by atoms with Crippen molar-refractivity contribution < 1.29 is 67.0 Å². The third-order valence-corrected chi connectivity index (χ3v) is 4.43. The molecule has 2 nitrogen and oxygen atoms in total. The summed E-state index contributed by atoms with van der Waals surface area (Å²) in [6, 6.07) is 0. The quantitative estimate of drug-likeness (QED) is 0.242. The molecule has 0 radical (unpaired) electrons. The predicted molar refractivity (Wildman–Crippen MR) is 80.0 cm³/mol. The van der Waals surface area contributed by atoms with Crippen LogP contribution in [0.2, 0.25) is 0 Å². The molecule has 2 fully saturated rings. The van der Waals surface area contributed by atoms with Crippen LogP contribution in [0, 0.1) is 62.2 Å². The Labute approximate surface area is 173 Å². The van der Waals surface area contributed by atoms with Gasteiger partial charge in [0.25, 0.3) is 0 Å². The molecule has 148 valence electrons. The van der Waals surface area contributed by atoms with Crippen LogP contribution >= 0.6 is 0 Å². The van der Waals surface area contributed by atoms with Gasteiger partial charge in [-0.2, -0.15) is 38.7 Å². The number of rotatable bonds is 3. The first-order valence-corrected chi connectivity index (χ1v) is 7.83. The van der Waals surface area contributed by atoms with Crippen molar-refractivity contribution in [2.75, 3.05) is 0 Å². The van der Waals surface area contributed by atoms with Gasteiger partial charge in [-0.15, -0.1) is 0 Å². The Morgan fingerprint density at radius 2 is 1.62 bits per heavy atom. The molecule has 26 heavy (non-hydrogen) atoms. The second kappa shape index (κ2) is 9.27. The van der Waals surface area contributed by atoms with E-state index in [1.165, 1.54) is 0 Å². The molecule has 0 heterocycles. The zero-order chi connectivity index (χ0) is 19.6. The van der Waals surface area contributed by atoms with Crippen molar-refractivity contribution in [3.63, 3.8) is 0 Å². The van der Waals surface area contributed by atoms with E-state index >= 15 is 0 Å². The topological polar surface area (TPSA) is 26.3 Å². The average molecular weight is 610 g/mol. The summed E-state index contributed by atoms with van der Waals surface area (Å²) in [6.45, 7) is 9.31. The summed E-state index contributed by atoms with van der Waals surface area (Å²) in [7, 11) is 0. The van der Waals surface area contributed by atoms with E-state index in [4.69, 9.17) is 0 Å². The standard InChI is InChI=1S/C13H15F6O2.C4H7.U/c1-7(20)21-11(12(14,15)16,13(17,18)19)6-10-5-8-2-3-9(10)4-8;1-4(2)3;/h2,8-10H,3-6H2,1H3;1-2H2,3H3;/q2*-1;+2. The van der Waals surface area contributed by atoms with E-state index in [1.807, 2.05) is 13.3 Å². The van der Waals surface area contributed by atoms with Crippen LogP contribution in [0.5, 0.6) is 0 Å². The number of carbonyl (C=O) groups is 1. The van der Waals surface area contributed by atoms with Crippen molar-refractivity contribution in [3.8, 4) is 0 Å². The normalized spacial score (nSPS) is 25.0.